The summed E-state index contributed by atoms with van der Waals surface area (Å²) in [5.74, 6) is 0. The second kappa shape index (κ2) is 4.88. The molecule has 16 heavy (non-hydrogen) atoms. The number of urea groups is 1. The number of aryl methyl sites for hydroxylation is 2. The van der Waals surface area contributed by atoms with Crippen LogP contribution in [0.5, 0.6) is 0 Å². The minimum atomic E-state index is -0.0986. The quantitative estimate of drug-likeness (QED) is 0.753. The summed E-state index contributed by atoms with van der Waals surface area (Å²) < 4.78 is 0. The monoisotopic (exact) mass is 221 g/mol. The Morgan fingerprint density at radius 3 is 2.31 bits per heavy atom. The van der Waals surface area contributed by atoms with Crippen LogP contribution in [0.3, 0.4) is 0 Å². The lowest BCUT2D eigenvalue weighted by Gasteiger charge is -2.18. The predicted molar refractivity (Wildman–Crippen MR) is 67.7 cm³/mol. The zero-order chi connectivity index (χ0) is 12.3. The summed E-state index contributed by atoms with van der Waals surface area (Å²) in [6.07, 6.45) is 0. The number of nitrogen functional groups attached to an aromatic ring is 1. The van der Waals surface area contributed by atoms with Gasteiger partial charge in [0.15, 0.2) is 0 Å². The Morgan fingerprint density at radius 1 is 1.38 bits per heavy atom. The highest BCUT2D eigenvalue weighted by atomic mass is 16.2. The molecule has 1 aromatic carbocycles. The number of nitrogens with one attached hydrogen (secondary N) is 1. The molecule has 0 heterocycles. The molecule has 1 aromatic rings. The molecule has 0 saturated carbocycles. The molecular weight excluding hydrogens is 202 g/mol. The molecule has 0 spiro atoms. The summed E-state index contributed by atoms with van der Waals surface area (Å²) >= 11 is 0. The maximum atomic E-state index is 11.7. The first-order valence-electron chi connectivity index (χ1n) is 5.34. The number of hydrogen-bond acceptors (Lipinski definition) is 2. The highest BCUT2D eigenvalue weighted by molar-refractivity contribution is 5.91. The molecule has 0 aliphatic heterocycles. The van der Waals surface area contributed by atoms with Crippen molar-refractivity contribution in [3.63, 3.8) is 0 Å². The maximum absolute atomic E-state index is 11.7. The first-order chi connectivity index (χ1) is 7.45. The molecule has 4 nitrogen and oxygen atoms in total. The van der Waals surface area contributed by atoms with E-state index in [4.69, 9.17) is 5.73 Å². The van der Waals surface area contributed by atoms with Crippen LogP contribution in [0.4, 0.5) is 16.2 Å². The van der Waals surface area contributed by atoms with Crippen LogP contribution in [0.25, 0.3) is 0 Å². The average Bonchev–Trinajstić information content (AvgIpc) is 2.21. The third kappa shape index (κ3) is 2.66. The standard InChI is InChI=1S/C12H19N3O/c1-5-15(4)12(16)14-11-8(2)6-10(13)7-9(11)3/h6-7H,5,13H2,1-4H3,(H,14,16). The van der Waals surface area contributed by atoms with E-state index in [0.29, 0.717) is 6.54 Å². The van der Waals surface area contributed by atoms with Gasteiger partial charge in [-0.2, -0.15) is 0 Å². The third-order valence-corrected chi connectivity index (χ3v) is 2.61. The molecule has 0 radical (unpaired) electrons. The van der Waals surface area contributed by atoms with E-state index >= 15 is 0 Å². The van der Waals surface area contributed by atoms with Crippen LogP contribution < -0.4 is 11.1 Å². The Bertz CT molecular complexity index is 378. The van der Waals surface area contributed by atoms with Crippen molar-refractivity contribution in [2.24, 2.45) is 0 Å². The fraction of sp³-hybridized carbons (Fsp3) is 0.417. The van der Waals surface area contributed by atoms with Crippen molar-refractivity contribution >= 4 is 17.4 Å². The van der Waals surface area contributed by atoms with Crippen LogP contribution in [-0.2, 0) is 0 Å². The van der Waals surface area contributed by atoms with Gasteiger partial charge in [-0.1, -0.05) is 0 Å². The Kier molecular flexibility index (Phi) is 3.77. The Morgan fingerprint density at radius 2 is 1.88 bits per heavy atom. The van der Waals surface area contributed by atoms with Crippen molar-refractivity contribution in [1.82, 2.24) is 4.90 Å². The number of rotatable bonds is 2. The van der Waals surface area contributed by atoms with E-state index in [-0.39, 0.29) is 6.03 Å². The lowest BCUT2D eigenvalue weighted by molar-refractivity contribution is 0.224. The van der Waals surface area contributed by atoms with E-state index in [1.807, 2.05) is 32.9 Å². The van der Waals surface area contributed by atoms with E-state index < -0.39 is 0 Å². The molecule has 1 rings (SSSR count). The van der Waals surface area contributed by atoms with Gasteiger partial charge in [0.1, 0.15) is 0 Å². The first-order valence-corrected chi connectivity index (χ1v) is 5.34. The number of carbonyl (C=O) groups excluding carboxylic acids is 1. The normalized spacial score (nSPS) is 10.0. The fourth-order valence-corrected chi connectivity index (χ4v) is 1.54. The smallest absolute Gasteiger partial charge is 0.321 e. The molecule has 0 atom stereocenters. The molecule has 0 aliphatic rings. The second-order valence-corrected chi connectivity index (χ2v) is 3.97. The number of carbonyl (C=O) groups is 1. The van der Waals surface area contributed by atoms with Crippen LogP contribution in [-0.4, -0.2) is 24.5 Å². The topological polar surface area (TPSA) is 58.4 Å². The highest BCUT2D eigenvalue weighted by Crippen LogP contribution is 2.23. The number of nitrogens with two attached hydrogens (primary N) is 1. The summed E-state index contributed by atoms with van der Waals surface area (Å²) in [5.41, 5.74) is 9.25. The van der Waals surface area contributed by atoms with Crippen LogP contribution in [0.2, 0.25) is 0 Å². The van der Waals surface area contributed by atoms with Gasteiger partial charge in [-0.25, -0.2) is 4.79 Å². The van der Waals surface area contributed by atoms with Gasteiger partial charge in [0.2, 0.25) is 0 Å². The summed E-state index contributed by atoms with van der Waals surface area (Å²) in [6, 6.07) is 3.61. The SMILES string of the molecule is CCN(C)C(=O)Nc1c(C)cc(N)cc1C. The van der Waals surface area contributed by atoms with E-state index in [1.54, 1.807) is 11.9 Å². The van der Waals surface area contributed by atoms with Gasteiger partial charge in [0.25, 0.3) is 0 Å². The molecule has 4 heteroatoms. The van der Waals surface area contributed by atoms with Gasteiger partial charge in [0.05, 0.1) is 0 Å². The minimum absolute atomic E-state index is 0.0986. The van der Waals surface area contributed by atoms with Crippen molar-refractivity contribution in [3.05, 3.63) is 23.3 Å². The number of amides is 2. The summed E-state index contributed by atoms with van der Waals surface area (Å²) in [6.45, 7) is 6.48. The molecule has 0 bridgehead atoms. The maximum Gasteiger partial charge on any atom is 0.321 e. The minimum Gasteiger partial charge on any atom is -0.399 e. The van der Waals surface area contributed by atoms with Gasteiger partial charge in [-0.3, -0.25) is 0 Å². The molecule has 88 valence electrons. The zero-order valence-corrected chi connectivity index (χ0v) is 10.3. The molecule has 0 aromatic heterocycles. The molecule has 0 fully saturated rings. The van der Waals surface area contributed by atoms with Gasteiger partial charge >= 0.3 is 6.03 Å². The number of anilines is 2. The lowest BCUT2D eigenvalue weighted by Crippen LogP contribution is -2.31. The molecule has 3 N–H and O–H groups in total. The van der Waals surface area contributed by atoms with Crippen LogP contribution >= 0.6 is 0 Å². The van der Waals surface area contributed by atoms with E-state index in [9.17, 15) is 4.79 Å². The summed E-state index contributed by atoms with van der Waals surface area (Å²) in [7, 11) is 1.76. The van der Waals surface area contributed by atoms with E-state index in [0.717, 1.165) is 22.5 Å². The van der Waals surface area contributed by atoms with Gasteiger partial charge in [-0.15, -0.1) is 0 Å². The number of hydrogen-bond donors (Lipinski definition) is 2. The van der Waals surface area contributed by atoms with Crippen molar-refractivity contribution in [3.8, 4) is 0 Å². The van der Waals surface area contributed by atoms with Crippen molar-refractivity contribution < 1.29 is 4.79 Å². The second-order valence-electron chi connectivity index (χ2n) is 3.97. The van der Waals surface area contributed by atoms with E-state index in [2.05, 4.69) is 5.32 Å². The van der Waals surface area contributed by atoms with Gasteiger partial charge in [-0.05, 0) is 44.0 Å². The summed E-state index contributed by atoms with van der Waals surface area (Å²) in [5, 5.41) is 2.89. The van der Waals surface area contributed by atoms with Crippen molar-refractivity contribution in [2.45, 2.75) is 20.8 Å². The Labute approximate surface area is 96.4 Å². The number of nitrogens with zero attached hydrogens (tertiary/aromatic N) is 1. The van der Waals surface area contributed by atoms with Gasteiger partial charge < -0.3 is 16.0 Å². The summed E-state index contributed by atoms with van der Waals surface area (Å²) in [4.78, 5) is 13.3. The average molecular weight is 221 g/mol. The zero-order valence-electron chi connectivity index (χ0n) is 10.3. The van der Waals surface area contributed by atoms with Crippen LogP contribution in [0.1, 0.15) is 18.1 Å². The third-order valence-electron chi connectivity index (χ3n) is 2.61. The molecule has 2 amide bonds. The van der Waals surface area contributed by atoms with E-state index in [1.165, 1.54) is 0 Å². The first kappa shape index (κ1) is 12.4. The van der Waals surface area contributed by atoms with Crippen LogP contribution in [0, 0.1) is 13.8 Å². The van der Waals surface area contributed by atoms with Crippen molar-refractivity contribution in [1.29, 1.82) is 0 Å². The Hall–Kier alpha value is -1.71. The highest BCUT2D eigenvalue weighted by Gasteiger charge is 2.10. The Balaban J connectivity index is 2.93. The lowest BCUT2D eigenvalue weighted by atomic mass is 10.1. The predicted octanol–water partition coefficient (Wildman–Crippen LogP) is 2.37. The fourth-order valence-electron chi connectivity index (χ4n) is 1.54. The van der Waals surface area contributed by atoms with Gasteiger partial charge in [0, 0.05) is 25.0 Å². The number of benzene rings is 1. The molecule has 0 aliphatic carbocycles. The molecule has 0 saturated heterocycles. The van der Waals surface area contributed by atoms with Crippen molar-refractivity contribution in [2.75, 3.05) is 24.6 Å². The molecular formula is C12H19N3O. The largest absolute Gasteiger partial charge is 0.399 e. The van der Waals surface area contributed by atoms with Crippen LogP contribution in [0.15, 0.2) is 12.1 Å². The molecule has 0 unspecified atom stereocenters.